The third kappa shape index (κ3) is 2.99. The third-order valence-corrected chi connectivity index (χ3v) is 5.29. The van der Waals surface area contributed by atoms with Gasteiger partial charge in [0.2, 0.25) is 6.19 Å². The monoisotopic (exact) mass is 408 g/mol. The number of rotatable bonds is 2. The number of aliphatic imine (C=N–C) groups is 1. The first-order chi connectivity index (χ1) is 15.7. The van der Waals surface area contributed by atoms with Crippen molar-refractivity contribution in [3.8, 4) is 52.1 Å². The molecule has 1 heterocycles. The van der Waals surface area contributed by atoms with E-state index in [1.54, 1.807) is 24.3 Å². The molecule has 0 unspecified atom stereocenters. The highest BCUT2D eigenvalue weighted by Gasteiger charge is 2.30. The smallest absolute Gasteiger partial charge is 0.206 e. The lowest BCUT2D eigenvalue weighted by atomic mass is 10.0. The maximum absolute atomic E-state index is 9.26. The van der Waals surface area contributed by atoms with Crippen molar-refractivity contribution < 1.29 is 0 Å². The van der Waals surface area contributed by atoms with Crippen LogP contribution in [0.15, 0.2) is 77.8 Å². The molecule has 3 aromatic carbocycles. The Morgan fingerprint density at radius 3 is 1.56 bits per heavy atom. The number of hydrogen-bond acceptors (Lipinski definition) is 6. The highest BCUT2D eigenvalue weighted by molar-refractivity contribution is 6.23. The van der Waals surface area contributed by atoms with E-state index in [2.05, 4.69) is 17.1 Å². The second-order valence-corrected chi connectivity index (χ2v) is 7.10. The molecule has 1 aliphatic rings. The fourth-order valence-electron chi connectivity index (χ4n) is 3.78. The van der Waals surface area contributed by atoms with E-state index in [1.165, 1.54) is 0 Å². The molecule has 0 bridgehead atoms. The Kier molecular flexibility index (Phi) is 4.49. The lowest BCUT2D eigenvalue weighted by Crippen LogP contribution is -2.04. The molecule has 0 N–H and O–H groups in total. The molecule has 0 amide bonds. The van der Waals surface area contributed by atoms with Gasteiger partial charge in [0.25, 0.3) is 0 Å². The number of benzene rings is 3. The third-order valence-electron chi connectivity index (χ3n) is 5.29. The molecule has 1 aliphatic carbocycles. The van der Waals surface area contributed by atoms with Gasteiger partial charge in [0.1, 0.15) is 11.4 Å². The molecular weight excluding hydrogens is 396 g/mol. The number of fused-ring (bicyclic) bond motifs is 3. The summed E-state index contributed by atoms with van der Waals surface area (Å²) in [5, 5.41) is 27.6. The van der Waals surface area contributed by atoms with Gasteiger partial charge in [0, 0.05) is 22.3 Å². The van der Waals surface area contributed by atoms with Crippen molar-refractivity contribution in [3.05, 3.63) is 95.2 Å². The zero-order valence-corrected chi connectivity index (χ0v) is 16.6. The maximum Gasteiger partial charge on any atom is 0.206 e. The van der Waals surface area contributed by atoms with Gasteiger partial charge in [-0.1, -0.05) is 48.5 Å². The summed E-state index contributed by atoms with van der Waals surface area (Å²) in [4.78, 5) is 13.9. The van der Waals surface area contributed by atoms with E-state index in [-0.39, 0.29) is 0 Å². The van der Waals surface area contributed by atoms with Gasteiger partial charge in [-0.15, -0.1) is 0 Å². The second-order valence-electron chi connectivity index (χ2n) is 7.10. The zero-order valence-electron chi connectivity index (χ0n) is 16.6. The van der Waals surface area contributed by atoms with Crippen LogP contribution in [0.5, 0.6) is 0 Å². The maximum atomic E-state index is 9.26. The summed E-state index contributed by atoms with van der Waals surface area (Å²) in [6, 6.07) is 26.2. The first-order valence-corrected chi connectivity index (χ1v) is 9.73. The van der Waals surface area contributed by atoms with Crippen LogP contribution >= 0.6 is 0 Å². The number of aromatic nitrogens is 2. The summed E-state index contributed by atoms with van der Waals surface area (Å²) in [6.45, 7) is 0. The lowest BCUT2D eigenvalue weighted by molar-refractivity contribution is 1.20. The summed E-state index contributed by atoms with van der Waals surface area (Å²) in [5.41, 5.74) is 7.31. The van der Waals surface area contributed by atoms with Crippen molar-refractivity contribution in [1.82, 2.24) is 9.97 Å². The molecule has 6 heteroatoms. The molecule has 1 aromatic heterocycles. The number of nitriles is 3. The molecule has 0 fully saturated rings. The average Bonchev–Trinajstić information content (AvgIpc) is 3.16. The Balaban J connectivity index is 1.81. The number of nitrogens with zero attached hydrogens (tertiary/aromatic N) is 6. The molecule has 5 rings (SSSR count). The van der Waals surface area contributed by atoms with E-state index >= 15 is 0 Å². The van der Waals surface area contributed by atoms with Crippen molar-refractivity contribution in [3.63, 3.8) is 0 Å². The molecule has 4 aromatic rings. The predicted octanol–water partition coefficient (Wildman–Crippen LogP) is 4.85. The van der Waals surface area contributed by atoms with Gasteiger partial charge < -0.3 is 0 Å². The standard InChI is InChI=1S/C26H12N6/c27-13-16-5-9-18(10-6-16)22-23(19-11-7-17(14-28)8-12-19)32-26-24(30-15-29)20-3-1-2-4-21(20)25(26)31-22/h1-12H. The van der Waals surface area contributed by atoms with Crippen LogP contribution in [-0.2, 0) is 0 Å². The Morgan fingerprint density at radius 2 is 1.06 bits per heavy atom. The topological polar surface area (TPSA) is 110 Å². The fraction of sp³-hybridized carbons (Fsp3) is 0. The van der Waals surface area contributed by atoms with E-state index in [0.29, 0.717) is 39.6 Å². The largest absolute Gasteiger partial charge is 0.243 e. The number of hydrogen-bond donors (Lipinski definition) is 0. The van der Waals surface area contributed by atoms with Gasteiger partial charge in [-0.25, -0.2) is 9.97 Å². The van der Waals surface area contributed by atoms with Crippen LogP contribution < -0.4 is 0 Å². The van der Waals surface area contributed by atoms with Crippen molar-refractivity contribution >= 4 is 5.71 Å². The van der Waals surface area contributed by atoms with Crippen molar-refractivity contribution in [2.45, 2.75) is 0 Å². The van der Waals surface area contributed by atoms with E-state index in [0.717, 1.165) is 22.3 Å². The average molecular weight is 408 g/mol. The van der Waals surface area contributed by atoms with Gasteiger partial charge in [-0.3, -0.25) is 0 Å². The molecule has 0 saturated heterocycles. The summed E-state index contributed by atoms with van der Waals surface area (Å²) in [5.74, 6) is 0. The quantitative estimate of drug-likeness (QED) is 0.388. The molecule has 0 spiro atoms. The van der Waals surface area contributed by atoms with Crippen molar-refractivity contribution in [1.29, 1.82) is 15.8 Å². The van der Waals surface area contributed by atoms with E-state index in [4.69, 9.17) is 20.5 Å². The first kappa shape index (κ1) is 18.9. The van der Waals surface area contributed by atoms with E-state index in [1.807, 2.05) is 54.7 Å². The Bertz CT molecular complexity index is 1530. The highest BCUT2D eigenvalue weighted by Crippen LogP contribution is 2.39. The van der Waals surface area contributed by atoms with Gasteiger partial charge in [-0.2, -0.15) is 20.8 Å². The minimum Gasteiger partial charge on any atom is -0.243 e. The Labute approximate surface area is 184 Å². The zero-order chi connectivity index (χ0) is 22.1. The van der Waals surface area contributed by atoms with Crippen LogP contribution in [0.25, 0.3) is 33.8 Å². The molecule has 0 atom stereocenters. The lowest BCUT2D eigenvalue weighted by Gasteiger charge is -2.12. The second kappa shape index (κ2) is 7.61. The SMILES string of the molecule is N#CN=C1c2ccccc2-c2nc(-c3ccc(C#N)cc3)c(-c3ccc(C#N)cc3)nc21. The van der Waals surface area contributed by atoms with Crippen LogP contribution in [0.4, 0.5) is 0 Å². The Morgan fingerprint density at radius 1 is 0.562 bits per heavy atom. The molecule has 0 saturated carbocycles. The predicted molar refractivity (Wildman–Crippen MR) is 119 cm³/mol. The molecule has 0 aliphatic heterocycles. The van der Waals surface area contributed by atoms with Crippen molar-refractivity contribution in [2.24, 2.45) is 4.99 Å². The van der Waals surface area contributed by atoms with Crippen LogP contribution in [0.3, 0.4) is 0 Å². The molecule has 32 heavy (non-hydrogen) atoms. The minimum atomic E-state index is 0.492. The van der Waals surface area contributed by atoms with Gasteiger partial charge >= 0.3 is 0 Å². The van der Waals surface area contributed by atoms with Gasteiger partial charge in [0.05, 0.1) is 40.3 Å². The highest BCUT2D eigenvalue weighted by atomic mass is 14.9. The van der Waals surface area contributed by atoms with Crippen molar-refractivity contribution in [2.75, 3.05) is 0 Å². The van der Waals surface area contributed by atoms with E-state index < -0.39 is 0 Å². The van der Waals surface area contributed by atoms with E-state index in [9.17, 15) is 5.26 Å². The molecule has 6 nitrogen and oxygen atoms in total. The molecule has 0 radical (unpaired) electrons. The van der Waals surface area contributed by atoms with Gasteiger partial charge in [-0.05, 0) is 24.3 Å². The Hall–Kier alpha value is -5.12. The summed E-state index contributed by atoms with van der Waals surface area (Å²) in [7, 11) is 0. The summed E-state index contributed by atoms with van der Waals surface area (Å²) >= 11 is 0. The van der Waals surface area contributed by atoms with Crippen LogP contribution in [0.2, 0.25) is 0 Å². The molecule has 146 valence electrons. The summed E-state index contributed by atoms with van der Waals surface area (Å²) in [6.07, 6.45) is 1.88. The van der Waals surface area contributed by atoms with Crippen LogP contribution in [0, 0.1) is 34.1 Å². The van der Waals surface area contributed by atoms with Crippen LogP contribution in [0.1, 0.15) is 22.4 Å². The normalized spacial score (nSPS) is 12.3. The first-order valence-electron chi connectivity index (χ1n) is 9.73. The molecular formula is C26H12N6. The fourth-order valence-corrected chi connectivity index (χ4v) is 3.78. The van der Waals surface area contributed by atoms with Crippen LogP contribution in [-0.4, -0.2) is 15.7 Å². The minimum absolute atomic E-state index is 0.492. The summed E-state index contributed by atoms with van der Waals surface area (Å²) < 4.78 is 0. The van der Waals surface area contributed by atoms with Gasteiger partial charge in [0.15, 0.2) is 0 Å².